The van der Waals surface area contributed by atoms with Gasteiger partial charge in [0, 0.05) is 52.0 Å². The summed E-state index contributed by atoms with van der Waals surface area (Å²) in [5.41, 5.74) is 3.24. The number of carbonyl (C=O) groups excluding carboxylic acids is 1. The average Bonchev–Trinajstić information content (AvgIpc) is 3.06. The second-order valence-corrected chi connectivity index (χ2v) is 7.48. The summed E-state index contributed by atoms with van der Waals surface area (Å²) in [7, 11) is 0. The summed E-state index contributed by atoms with van der Waals surface area (Å²) in [5, 5.41) is 0. The van der Waals surface area contributed by atoms with E-state index in [1.807, 2.05) is 0 Å². The molecular weight excluding hydrogens is 352 g/mol. The lowest BCUT2D eigenvalue weighted by Crippen LogP contribution is -2.42. The zero-order valence-electron chi connectivity index (χ0n) is 15.4. The predicted octanol–water partition coefficient (Wildman–Crippen LogP) is 3.41. The Hall–Kier alpha value is -2.28. The highest BCUT2D eigenvalue weighted by Crippen LogP contribution is 2.29. The standard InChI is InChI=1S/C20H23F2N3O2/c1-14-2-4-15(5-3-14)12-24-9-6-17-16(13-24)23-18(27-17)19(26)25-10-7-20(21,22)8-11-25/h2-5H,6-13H2,1H3. The Morgan fingerprint density at radius 1 is 1.19 bits per heavy atom. The van der Waals surface area contributed by atoms with Crippen LogP contribution in [0.3, 0.4) is 0 Å². The maximum absolute atomic E-state index is 13.3. The Morgan fingerprint density at radius 2 is 1.89 bits per heavy atom. The zero-order chi connectivity index (χ0) is 19.0. The molecule has 0 radical (unpaired) electrons. The van der Waals surface area contributed by atoms with Crippen LogP contribution in [-0.2, 0) is 19.5 Å². The van der Waals surface area contributed by atoms with Crippen molar-refractivity contribution in [1.29, 1.82) is 0 Å². The molecule has 0 saturated carbocycles. The van der Waals surface area contributed by atoms with Crippen LogP contribution in [0.25, 0.3) is 0 Å². The van der Waals surface area contributed by atoms with E-state index in [4.69, 9.17) is 4.42 Å². The summed E-state index contributed by atoms with van der Waals surface area (Å²) >= 11 is 0. The molecule has 1 aromatic carbocycles. The van der Waals surface area contributed by atoms with E-state index in [9.17, 15) is 13.6 Å². The maximum Gasteiger partial charge on any atom is 0.309 e. The lowest BCUT2D eigenvalue weighted by Gasteiger charge is -2.30. The molecule has 2 aliphatic rings. The maximum atomic E-state index is 13.3. The van der Waals surface area contributed by atoms with Gasteiger partial charge >= 0.3 is 5.91 Å². The Labute approximate surface area is 157 Å². The van der Waals surface area contributed by atoms with Crippen molar-refractivity contribution in [1.82, 2.24) is 14.8 Å². The molecule has 2 aliphatic heterocycles. The average molecular weight is 375 g/mol. The molecule has 5 nitrogen and oxygen atoms in total. The van der Waals surface area contributed by atoms with E-state index in [0.717, 1.165) is 24.5 Å². The molecule has 7 heteroatoms. The third kappa shape index (κ3) is 4.03. The molecule has 2 aromatic rings. The number of piperidine rings is 1. The van der Waals surface area contributed by atoms with Gasteiger partial charge in [-0.15, -0.1) is 0 Å². The molecule has 0 aliphatic carbocycles. The van der Waals surface area contributed by atoms with Gasteiger partial charge in [-0.2, -0.15) is 0 Å². The first-order valence-electron chi connectivity index (χ1n) is 9.33. The SMILES string of the molecule is Cc1ccc(CN2CCc3oc(C(=O)N4CCC(F)(F)CC4)nc3C2)cc1. The highest BCUT2D eigenvalue weighted by molar-refractivity contribution is 5.89. The number of fused-ring (bicyclic) bond motifs is 1. The van der Waals surface area contributed by atoms with Crippen molar-refractivity contribution in [3.63, 3.8) is 0 Å². The van der Waals surface area contributed by atoms with Crippen molar-refractivity contribution >= 4 is 5.91 Å². The lowest BCUT2D eigenvalue weighted by atomic mass is 10.1. The fourth-order valence-corrected chi connectivity index (χ4v) is 3.60. The molecule has 27 heavy (non-hydrogen) atoms. The number of nitrogens with zero attached hydrogens (tertiary/aromatic N) is 3. The van der Waals surface area contributed by atoms with Crippen molar-refractivity contribution in [2.45, 2.75) is 45.2 Å². The van der Waals surface area contributed by atoms with Gasteiger partial charge in [0.05, 0.1) is 5.69 Å². The third-order valence-electron chi connectivity index (χ3n) is 5.30. The molecule has 0 spiro atoms. The summed E-state index contributed by atoms with van der Waals surface area (Å²) in [6.45, 7) is 4.42. The zero-order valence-corrected chi connectivity index (χ0v) is 15.4. The van der Waals surface area contributed by atoms with Gasteiger partial charge in [0.25, 0.3) is 11.8 Å². The number of likely N-dealkylation sites (tertiary alicyclic amines) is 1. The number of halogens is 2. The van der Waals surface area contributed by atoms with Crippen LogP contribution in [0.1, 0.15) is 46.1 Å². The third-order valence-corrected chi connectivity index (χ3v) is 5.30. The molecule has 1 saturated heterocycles. The van der Waals surface area contributed by atoms with Gasteiger partial charge in [0.2, 0.25) is 0 Å². The number of hydrogen-bond donors (Lipinski definition) is 0. The van der Waals surface area contributed by atoms with Crippen LogP contribution < -0.4 is 0 Å². The quantitative estimate of drug-likeness (QED) is 0.825. The molecule has 1 fully saturated rings. The highest BCUT2D eigenvalue weighted by atomic mass is 19.3. The van der Waals surface area contributed by atoms with Gasteiger partial charge in [-0.3, -0.25) is 9.69 Å². The van der Waals surface area contributed by atoms with Crippen LogP contribution in [0.4, 0.5) is 8.78 Å². The van der Waals surface area contributed by atoms with Gasteiger partial charge in [0.1, 0.15) is 5.76 Å². The molecule has 3 heterocycles. The summed E-state index contributed by atoms with van der Waals surface area (Å²) in [4.78, 5) is 20.6. The normalized spacial score (nSPS) is 19.7. The first kappa shape index (κ1) is 18.1. The van der Waals surface area contributed by atoms with E-state index in [1.54, 1.807) is 0 Å². The van der Waals surface area contributed by atoms with Crippen molar-refractivity contribution in [2.75, 3.05) is 19.6 Å². The molecular formula is C20H23F2N3O2. The van der Waals surface area contributed by atoms with Crippen LogP contribution in [0.5, 0.6) is 0 Å². The van der Waals surface area contributed by atoms with Crippen LogP contribution >= 0.6 is 0 Å². The van der Waals surface area contributed by atoms with E-state index >= 15 is 0 Å². The Morgan fingerprint density at radius 3 is 2.59 bits per heavy atom. The minimum Gasteiger partial charge on any atom is -0.437 e. The first-order valence-corrected chi connectivity index (χ1v) is 9.33. The molecule has 0 unspecified atom stereocenters. The minimum atomic E-state index is -2.68. The van der Waals surface area contributed by atoms with Crippen LogP contribution in [0.15, 0.2) is 28.7 Å². The second kappa shape index (κ2) is 7.03. The predicted molar refractivity (Wildman–Crippen MR) is 95.6 cm³/mol. The lowest BCUT2D eigenvalue weighted by molar-refractivity contribution is -0.0499. The molecule has 1 aromatic heterocycles. The van der Waals surface area contributed by atoms with E-state index in [1.165, 1.54) is 16.0 Å². The summed E-state index contributed by atoms with van der Waals surface area (Å²) in [6.07, 6.45) is 0.0898. The van der Waals surface area contributed by atoms with Gasteiger partial charge in [0.15, 0.2) is 0 Å². The number of oxazole rings is 1. The molecule has 4 rings (SSSR count). The van der Waals surface area contributed by atoms with Crippen molar-refractivity contribution < 1.29 is 18.0 Å². The molecule has 144 valence electrons. The van der Waals surface area contributed by atoms with Gasteiger partial charge in [-0.05, 0) is 12.5 Å². The highest BCUT2D eigenvalue weighted by Gasteiger charge is 2.37. The Bertz CT molecular complexity index is 822. The summed E-state index contributed by atoms with van der Waals surface area (Å²) in [5.74, 6) is -2.29. The second-order valence-electron chi connectivity index (χ2n) is 7.48. The number of hydrogen-bond acceptors (Lipinski definition) is 4. The summed E-state index contributed by atoms with van der Waals surface area (Å²) < 4.78 is 32.3. The number of rotatable bonds is 3. The van der Waals surface area contributed by atoms with Crippen molar-refractivity contribution in [3.8, 4) is 0 Å². The van der Waals surface area contributed by atoms with Gasteiger partial charge < -0.3 is 9.32 Å². The van der Waals surface area contributed by atoms with E-state index in [-0.39, 0.29) is 37.7 Å². The number of amides is 1. The number of benzene rings is 1. The first-order chi connectivity index (χ1) is 12.9. The smallest absolute Gasteiger partial charge is 0.309 e. The fraction of sp³-hybridized carbons (Fsp3) is 0.500. The van der Waals surface area contributed by atoms with Crippen molar-refractivity contribution in [3.05, 3.63) is 52.7 Å². The fourth-order valence-electron chi connectivity index (χ4n) is 3.60. The van der Waals surface area contributed by atoms with E-state index < -0.39 is 5.92 Å². The van der Waals surface area contributed by atoms with Crippen LogP contribution in [0, 0.1) is 6.92 Å². The van der Waals surface area contributed by atoms with Crippen molar-refractivity contribution in [2.24, 2.45) is 0 Å². The van der Waals surface area contributed by atoms with E-state index in [0.29, 0.717) is 13.0 Å². The summed E-state index contributed by atoms with van der Waals surface area (Å²) in [6, 6.07) is 8.43. The largest absolute Gasteiger partial charge is 0.437 e. The molecule has 0 bridgehead atoms. The van der Waals surface area contributed by atoms with Crippen LogP contribution in [-0.4, -0.2) is 46.2 Å². The van der Waals surface area contributed by atoms with Crippen LogP contribution in [0.2, 0.25) is 0 Å². The minimum absolute atomic E-state index is 0.0300. The molecule has 1 amide bonds. The molecule has 0 N–H and O–H groups in total. The topological polar surface area (TPSA) is 49.6 Å². The Kier molecular flexibility index (Phi) is 4.72. The van der Waals surface area contributed by atoms with Gasteiger partial charge in [-0.25, -0.2) is 13.8 Å². The van der Waals surface area contributed by atoms with E-state index in [2.05, 4.69) is 41.1 Å². The number of aromatic nitrogens is 1. The monoisotopic (exact) mass is 375 g/mol. The number of carbonyl (C=O) groups is 1. The Balaban J connectivity index is 1.41. The molecule has 0 atom stereocenters. The van der Waals surface area contributed by atoms with Gasteiger partial charge in [-0.1, -0.05) is 29.8 Å². The number of aryl methyl sites for hydroxylation is 1. The number of alkyl halides is 2.